The number of hydrogen-bond donors (Lipinski definition) is 3. The van der Waals surface area contributed by atoms with Gasteiger partial charge in [0.25, 0.3) is 5.91 Å². The summed E-state index contributed by atoms with van der Waals surface area (Å²) in [5.74, 6) is -0.165. The first-order chi connectivity index (χ1) is 9.27. The molecule has 20 heavy (non-hydrogen) atoms. The molecule has 0 spiro atoms. The Labute approximate surface area is 119 Å². The van der Waals surface area contributed by atoms with E-state index in [-0.39, 0.29) is 17.7 Å². The second-order valence-electron chi connectivity index (χ2n) is 5.49. The molecular formula is C15H23N3O2. The second kappa shape index (κ2) is 6.41. The molecule has 0 aliphatic rings. The number of nitrogens with two attached hydrogens (primary N) is 1. The molecule has 110 valence electrons. The Morgan fingerprint density at radius 2 is 1.75 bits per heavy atom. The molecule has 0 aliphatic carbocycles. The van der Waals surface area contributed by atoms with Gasteiger partial charge < -0.3 is 16.3 Å². The Balaban J connectivity index is 3.07. The van der Waals surface area contributed by atoms with Crippen LogP contribution in [0.5, 0.6) is 0 Å². The van der Waals surface area contributed by atoms with Crippen LogP contribution in [-0.2, 0) is 0 Å². The molecule has 0 saturated carbocycles. The minimum absolute atomic E-state index is 0.00997. The number of oxime groups is 1. The van der Waals surface area contributed by atoms with Crippen LogP contribution < -0.4 is 11.1 Å². The van der Waals surface area contributed by atoms with Gasteiger partial charge in [-0.25, -0.2) is 0 Å². The van der Waals surface area contributed by atoms with Crippen LogP contribution in [0, 0.1) is 26.7 Å². The molecule has 4 N–H and O–H groups in total. The quantitative estimate of drug-likeness (QED) is 0.341. The number of nitrogens with zero attached hydrogens (tertiary/aromatic N) is 1. The number of carbonyl (C=O) groups is 1. The third kappa shape index (κ3) is 3.50. The number of carbonyl (C=O) groups excluding carboxylic acids is 1. The van der Waals surface area contributed by atoms with Crippen molar-refractivity contribution in [1.82, 2.24) is 5.32 Å². The summed E-state index contributed by atoms with van der Waals surface area (Å²) in [6.45, 7) is 9.61. The molecule has 1 aromatic carbocycles. The van der Waals surface area contributed by atoms with Crippen molar-refractivity contribution in [3.8, 4) is 0 Å². The molecule has 1 rings (SSSR count). The van der Waals surface area contributed by atoms with E-state index in [1.807, 2.05) is 46.8 Å². The maximum absolute atomic E-state index is 12.4. The molecule has 1 unspecified atom stereocenters. The van der Waals surface area contributed by atoms with E-state index in [0.29, 0.717) is 5.56 Å². The van der Waals surface area contributed by atoms with Gasteiger partial charge in [0.1, 0.15) is 0 Å². The molecule has 5 heteroatoms. The third-order valence-electron chi connectivity index (χ3n) is 3.29. The average Bonchev–Trinajstić information content (AvgIpc) is 2.33. The Hall–Kier alpha value is -2.04. The molecule has 1 amide bonds. The lowest BCUT2D eigenvalue weighted by atomic mass is 9.97. The first-order valence-electron chi connectivity index (χ1n) is 6.64. The number of benzene rings is 1. The highest BCUT2D eigenvalue weighted by atomic mass is 16.4. The fourth-order valence-electron chi connectivity index (χ4n) is 2.40. The largest absolute Gasteiger partial charge is 0.409 e. The second-order valence-corrected chi connectivity index (χ2v) is 5.49. The third-order valence-corrected chi connectivity index (χ3v) is 3.29. The molecule has 0 saturated heterocycles. The number of amides is 1. The molecule has 0 bridgehead atoms. The predicted octanol–water partition coefficient (Wildman–Crippen LogP) is 2.11. The Morgan fingerprint density at radius 1 is 1.25 bits per heavy atom. The van der Waals surface area contributed by atoms with E-state index in [9.17, 15) is 4.79 Å². The number of aryl methyl sites for hydroxylation is 3. The highest BCUT2D eigenvalue weighted by molar-refractivity contribution is 6.00. The van der Waals surface area contributed by atoms with Crippen LogP contribution >= 0.6 is 0 Å². The highest BCUT2D eigenvalue weighted by Crippen LogP contribution is 2.17. The van der Waals surface area contributed by atoms with Crippen molar-refractivity contribution in [2.75, 3.05) is 0 Å². The van der Waals surface area contributed by atoms with Gasteiger partial charge in [-0.1, -0.05) is 36.7 Å². The Bertz CT molecular complexity index is 513. The number of hydrogen-bond acceptors (Lipinski definition) is 3. The van der Waals surface area contributed by atoms with Gasteiger partial charge in [0.2, 0.25) is 0 Å². The summed E-state index contributed by atoms with van der Waals surface area (Å²) in [4.78, 5) is 12.4. The lowest BCUT2D eigenvalue weighted by molar-refractivity contribution is 0.0937. The molecule has 5 nitrogen and oxygen atoms in total. The number of nitrogens with one attached hydrogen (secondary N) is 1. The fraction of sp³-hybridized carbons (Fsp3) is 0.467. The molecular weight excluding hydrogens is 254 g/mol. The first kappa shape index (κ1) is 16.0. The SMILES string of the molecule is Cc1cc(C)c(C(=O)NC(C(N)=NO)C(C)C)c(C)c1. The zero-order valence-electron chi connectivity index (χ0n) is 12.7. The zero-order valence-corrected chi connectivity index (χ0v) is 12.7. The van der Waals surface area contributed by atoms with Crippen LogP contribution in [0.15, 0.2) is 17.3 Å². The summed E-state index contributed by atoms with van der Waals surface area (Å²) < 4.78 is 0. The average molecular weight is 277 g/mol. The molecule has 0 radical (unpaired) electrons. The van der Waals surface area contributed by atoms with Gasteiger partial charge in [-0.15, -0.1) is 0 Å². The maximum atomic E-state index is 12.4. The highest BCUT2D eigenvalue weighted by Gasteiger charge is 2.23. The summed E-state index contributed by atoms with van der Waals surface area (Å²) >= 11 is 0. The lowest BCUT2D eigenvalue weighted by Crippen LogP contribution is -2.48. The molecule has 0 aromatic heterocycles. The van der Waals surface area contributed by atoms with Crippen molar-refractivity contribution in [3.05, 3.63) is 34.4 Å². The van der Waals surface area contributed by atoms with E-state index in [1.165, 1.54) is 0 Å². The van der Waals surface area contributed by atoms with Gasteiger partial charge in [0.15, 0.2) is 5.84 Å². The summed E-state index contributed by atoms with van der Waals surface area (Å²) in [7, 11) is 0. The Kier molecular flexibility index (Phi) is 5.13. The summed E-state index contributed by atoms with van der Waals surface area (Å²) in [5, 5.41) is 14.6. The van der Waals surface area contributed by atoms with Crippen molar-refractivity contribution in [2.24, 2.45) is 16.8 Å². The van der Waals surface area contributed by atoms with Crippen LogP contribution in [0.1, 0.15) is 40.9 Å². The van der Waals surface area contributed by atoms with Crippen molar-refractivity contribution in [1.29, 1.82) is 0 Å². The van der Waals surface area contributed by atoms with E-state index in [4.69, 9.17) is 10.9 Å². The molecule has 0 aliphatic heterocycles. The van der Waals surface area contributed by atoms with Gasteiger partial charge in [0.05, 0.1) is 6.04 Å². The van der Waals surface area contributed by atoms with Crippen molar-refractivity contribution in [3.63, 3.8) is 0 Å². The smallest absolute Gasteiger partial charge is 0.252 e. The van der Waals surface area contributed by atoms with Gasteiger partial charge in [-0.05, 0) is 37.8 Å². The molecule has 0 fully saturated rings. The Morgan fingerprint density at radius 3 is 2.15 bits per heavy atom. The van der Waals surface area contributed by atoms with Crippen LogP contribution in [0.3, 0.4) is 0 Å². The molecule has 1 atom stereocenters. The van der Waals surface area contributed by atoms with Crippen molar-refractivity contribution >= 4 is 11.7 Å². The standard InChI is InChI=1S/C15H23N3O2/c1-8(2)13(14(16)18-20)17-15(19)12-10(4)6-9(3)7-11(12)5/h6-8,13,20H,1-5H3,(H2,16,18)(H,17,19). The summed E-state index contributed by atoms with van der Waals surface area (Å²) in [6, 6.07) is 3.44. The van der Waals surface area contributed by atoms with Crippen molar-refractivity contribution in [2.45, 2.75) is 40.7 Å². The van der Waals surface area contributed by atoms with E-state index in [1.54, 1.807) is 0 Å². The van der Waals surface area contributed by atoms with Gasteiger partial charge in [0, 0.05) is 5.56 Å². The van der Waals surface area contributed by atoms with Crippen molar-refractivity contribution < 1.29 is 10.0 Å². The summed E-state index contributed by atoms with van der Waals surface area (Å²) in [5.41, 5.74) is 9.23. The van der Waals surface area contributed by atoms with E-state index in [0.717, 1.165) is 16.7 Å². The normalized spacial score (nSPS) is 13.4. The summed E-state index contributed by atoms with van der Waals surface area (Å²) in [6.07, 6.45) is 0. The fourth-order valence-corrected chi connectivity index (χ4v) is 2.40. The van der Waals surface area contributed by atoms with Crippen LogP contribution in [0.25, 0.3) is 0 Å². The lowest BCUT2D eigenvalue weighted by Gasteiger charge is -2.22. The maximum Gasteiger partial charge on any atom is 0.252 e. The number of rotatable bonds is 4. The minimum atomic E-state index is -0.493. The van der Waals surface area contributed by atoms with Crippen LogP contribution in [-0.4, -0.2) is 23.0 Å². The van der Waals surface area contributed by atoms with Crippen LogP contribution in [0.4, 0.5) is 0 Å². The first-order valence-corrected chi connectivity index (χ1v) is 6.64. The van der Waals surface area contributed by atoms with Gasteiger partial charge in [-0.3, -0.25) is 4.79 Å². The topological polar surface area (TPSA) is 87.7 Å². The van der Waals surface area contributed by atoms with E-state index >= 15 is 0 Å². The van der Waals surface area contributed by atoms with Gasteiger partial charge in [-0.2, -0.15) is 0 Å². The zero-order chi connectivity index (χ0) is 15.4. The van der Waals surface area contributed by atoms with Gasteiger partial charge >= 0.3 is 0 Å². The minimum Gasteiger partial charge on any atom is -0.409 e. The van der Waals surface area contributed by atoms with Crippen LogP contribution in [0.2, 0.25) is 0 Å². The molecule has 0 heterocycles. The predicted molar refractivity (Wildman–Crippen MR) is 80.2 cm³/mol. The monoisotopic (exact) mass is 277 g/mol. The molecule has 1 aromatic rings. The van der Waals surface area contributed by atoms with E-state index < -0.39 is 6.04 Å². The van der Waals surface area contributed by atoms with E-state index in [2.05, 4.69) is 10.5 Å². The number of amidine groups is 1.